The van der Waals surface area contributed by atoms with Gasteiger partial charge in [-0.3, -0.25) is 4.99 Å². The molecular formula is C15H26IN7O. The summed E-state index contributed by atoms with van der Waals surface area (Å²) in [5.74, 6) is 3.37. The highest BCUT2D eigenvalue weighted by Gasteiger charge is 2.14. The van der Waals surface area contributed by atoms with E-state index in [1.807, 2.05) is 18.5 Å². The Morgan fingerprint density at radius 2 is 1.88 bits per heavy atom. The third kappa shape index (κ3) is 4.68. The predicted molar refractivity (Wildman–Crippen MR) is 103 cm³/mol. The van der Waals surface area contributed by atoms with Gasteiger partial charge in [-0.25, -0.2) is 0 Å². The minimum Gasteiger partial charge on any atom is -0.361 e. The van der Waals surface area contributed by atoms with Crippen molar-refractivity contribution in [3.8, 4) is 0 Å². The van der Waals surface area contributed by atoms with Crippen molar-refractivity contribution in [3.05, 3.63) is 28.7 Å². The van der Waals surface area contributed by atoms with E-state index in [-0.39, 0.29) is 24.0 Å². The van der Waals surface area contributed by atoms with Crippen LogP contribution in [-0.4, -0.2) is 32.9 Å². The highest BCUT2D eigenvalue weighted by Crippen LogP contribution is 2.15. The third-order valence-electron chi connectivity index (χ3n) is 3.86. The van der Waals surface area contributed by atoms with E-state index >= 15 is 0 Å². The van der Waals surface area contributed by atoms with Crippen molar-refractivity contribution in [2.24, 2.45) is 12.0 Å². The molecule has 0 saturated carbocycles. The molecule has 0 amide bonds. The summed E-state index contributed by atoms with van der Waals surface area (Å²) in [6.07, 6.45) is 1.68. The Bertz CT molecular complexity index is 656. The Hall–Kier alpha value is -1.65. The monoisotopic (exact) mass is 447 g/mol. The van der Waals surface area contributed by atoms with E-state index in [0.717, 1.165) is 41.5 Å². The van der Waals surface area contributed by atoms with Crippen LogP contribution in [0.5, 0.6) is 0 Å². The van der Waals surface area contributed by atoms with Gasteiger partial charge in [0.05, 0.1) is 12.2 Å². The zero-order chi connectivity index (χ0) is 16.8. The predicted octanol–water partition coefficient (Wildman–Crippen LogP) is 1.72. The van der Waals surface area contributed by atoms with Gasteiger partial charge in [-0.05, 0) is 13.3 Å². The quantitative estimate of drug-likeness (QED) is 0.398. The van der Waals surface area contributed by atoms with Crippen LogP contribution in [0.3, 0.4) is 0 Å². The second kappa shape index (κ2) is 9.60. The lowest BCUT2D eigenvalue weighted by molar-refractivity contribution is 0.380. The maximum Gasteiger partial charge on any atom is 0.191 e. The van der Waals surface area contributed by atoms with Crippen LogP contribution in [0.2, 0.25) is 0 Å². The summed E-state index contributed by atoms with van der Waals surface area (Å²) in [5, 5.41) is 18.8. The number of nitrogens with one attached hydrogen (secondary N) is 2. The smallest absolute Gasteiger partial charge is 0.191 e. The van der Waals surface area contributed by atoms with Crippen LogP contribution in [0, 0.1) is 6.92 Å². The molecule has 2 heterocycles. The van der Waals surface area contributed by atoms with Gasteiger partial charge in [-0.1, -0.05) is 19.0 Å². The average Bonchev–Trinajstić information content (AvgIpc) is 3.11. The van der Waals surface area contributed by atoms with Crippen LogP contribution in [-0.2, 0) is 33.0 Å². The molecule has 0 radical (unpaired) electrons. The molecular weight excluding hydrogens is 421 g/mol. The minimum atomic E-state index is 0. The van der Waals surface area contributed by atoms with Gasteiger partial charge >= 0.3 is 0 Å². The summed E-state index contributed by atoms with van der Waals surface area (Å²) >= 11 is 0. The third-order valence-corrected chi connectivity index (χ3v) is 3.86. The SMILES string of the molecule is CCc1noc(CC)c1CNC(=NC)NCc1nnc(C)n1C.I. The lowest BCUT2D eigenvalue weighted by Crippen LogP contribution is -2.37. The Kier molecular flexibility index (Phi) is 8.16. The molecule has 8 nitrogen and oxygen atoms in total. The van der Waals surface area contributed by atoms with E-state index in [4.69, 9.17) is 4.52 Å². The Balaban J connectivity index is 0.00000288. The summed E-state index contributed by atoms with van der Waals surface area (Å²) in [6, 6.07) is 0. The lowest BCUT2D eigenvalue weighted by atomic mass is 10.1. The molecule has 0 bridgehead atoms. The first kappa shape index (κ1) is 20.4. The zero-order valence-corrected chi connectivity index (χ0v) is 17.2. The molecule has 2 rings (SSSR count). The van der Waals surface area contributed by atoms with Crippen molar-refractivity contribution in [2.75, 3.05) is 7.05 Å². The minimum absolute atomic E-state index is 0. The van der Waals surface area contributed by atoms with Crippen molar-refractivity contribution in [1.29, 1.82) is 0 Å². The van der Waals surface area contributed by atoms with E-state index in [1.54, 1.807) is 7.05 Å². The molecule has 0 saturated heterocycles. The van der Waals surface area contributed by atoms with Crippen LogP contribution in [0.25, 0.3) is 0 Å². The van der Waals surface area contributed by atoms with Gasteiger partial charge < -0.3 is 19.7 Å². The number of hydrogen-bond donors (Lipinski definition) is 2. The number of halogens is 1. The van der Waals surface area contributed by atoms with Gasteiger partial charge in [0.15, 0.2) is 11.8 Å². The molecule has 9 heteroatoms. The number of rotatable bonds is 6. The molecule has 0 spiro atoms. The van der Waals surface area contributed by atoms with Crippen molar-refractivity contribution < 1.29 is 4.52 Å². The molecule has 0 aliphatic carbocycles. The van der Waals surface area contributed by atoms with E-state index in [0.29, 0.717) is 19.0 Å². The lowest BCUT2D eigenvalue weighted by Gasteiger charge is -2.12. The van der Waals surface area contributed by atoms with Gasteiger partial charge in [0.1, 0.15) is 11.6 Å². The van der Waals surface area contributed by atoms with E-state index < -0.39 is 0 Å². The second-order valence-corrected chi connectivity index (χ2v) is 5.24. The van der Waals surface area contributed by atoms with Gasteiger partial charge in [-0.15, -0.1) is 34.2 Å². The van der Waals surface area contributed by atoms with Gasteiger partial charge in [0.25, 0.3) is 0 Å². The first-order chi connectivity index (χ1) is 11.1. The Morgan fingerprint density at radius 1 is 1.17 bits per heavy atom. The molecule has 0 aliphatic heterocycles. The summed E-state index contributed by atoms with van der Waals surface area (Å²) in [5.41, 5.74) is 2.11. The van der Waals surface area contributed by atoms with Crippen LogP contribution >= 0.6 is 24.0 Å². The zero-order valence-electron chi connectivity index (χ0n) is 14.9. The highest BCUT2D eigenvalue weighted by molar-refractivity contribution is 14.0. The molecule has 2 aromatic rings. The normalized spacial score (nSPS) is 11.3. The molecule has 0 fully saturated rings. The topological polar surface area (TPSA) is 93.2 Å². The summed E-state index contributed by atoms with van der Waals surface area (Å²) in [6.45, 7) is 7.25. The fourth-order valence-electron chi connectivity index (χ4n) is 2.30. The summed E-state index contributed by atoms with van der Waals surface area (Å²) in [7, 11) is 3.69. The van der Waals surface area contributed by atoms with Crippen LogP contribution < -0.4 is 10.6 Å². The molecule has 24 heavy (non-hydrogen) atoms. The van der Waals surface area contributed by atoms with Gasteiger partial charge in [0, 0.05) is 32.6 Å². The number of aliphatic imine (C=N–C) groups is 1. The maximum absolute atomic E-state index is 5.38. The van der Waals surface area contributed by atoms with Gasteiger partial charge in [0.2, 0.25) is 0 Å². The largest absolute Gasteiger partial charge is 0.361 e. The fourth-order valence-corrected chi connectivity index (χ4v) is 2.30. The van der Waals surface area contributed by atoms with Crippen molar-refractivity contribution in [2.45, 2.75) is 46.7 Å². The van der Waals surface area contributed by atoms with E-state index in [1.165, 1.54) is 0 Å². The van der Waals surface area contributed by atoms with Gasteiger partial charge in [-0.2, -0.15) is 0 Å². The summed E-state index contributed by atoms with van der Waals surface area (Å²) < 4.78 is 7.33. The Morgan fingerprint density at radius 3 is 2.42 bits per heavy atom. The van der Waals surface area contributed by atoms with E-state index in [9.17, 15) is 0 Å². The highest BCUT2D eigenvalue weighted by atomic mass is 127. The Labute approximate surface area is 159 Å². The standard InChI is InChI=1S/C15H25N7O.HI/c1-6-12-11(13(7-2)23-21-12)8-17-15(16-4)18-9-14-20-19-10(3)22(14)5;/h6-9H2,1-5H3,(H2,16,17,18);1H. The molecule has 2 N–H and O–H groups in total. The molecule has 0 unspecified atom stereocenters. The first-order valence-electron chi connectivity index (χ1n) is 7.86. The van der Waals surface area contributed by atoms with Crippen molar-refractivity contribution in [1.82, 2.24) is 30.6 Å². The second-order valence-electron chi connectivity index (χ2n) is 5.24. The summed E-state index contributed by atoms with van der Waals surface area (Å²) in [4.78, 5) is 4.24. The fraction of sp³-hybridized carbons (Fsp3) is 0.600. The van der Waals surface area contributed by atoms with Crippen molar-refractivity contribution >= 4 is 29.9 Å². The van der Waals surface area contributed by atoms with Crippen LogP contribution in [0.1, 0.15) is 42.5 Å². The first-order valence-corrected chi connectivity index (χ1v) is 7.86. The van der Waals surface area contributed by atoms with Crippen molar-refractivity contribution in [3.63, 3.8) is 0 Å². The maximum atomic E-state index is 5.38. The number of guanidine groups is 1. The number of aromatic nitrogens is 4. The number of aryl methyl sites for hydroxylation is 3. The average molecular weight is 447 g/mol. The molecule has 0 atom stereocenters. The number of hydrogen-bond acceptors (Lipinski definition) is 5. The van der Waals surface area contributed by atoms with Crippen LogP contribution in [0.15, 0.2) is 9.52 Å². The van der Waals surface area contributed by atoms with Crippen LogP contribution in [0.4, 0.5) is 0 Å². The number of nitrogens with zero attached hydrogens (tertiary/aromatic N) is 5. The molecule has 2 aromatic heterocycles. The molecule has 134 valence electrons. The molecule has 0 aliphatic rings. The van der Waals surface area contributed by atoms with E-state index in [2.05, 4.69) is 44.8 Å². The molecule has 0 aromatic carbocycles.